The largest absolute Gasteiger partial charge is 0.486 e. The normalized spacial score (nSPS) is 17.3. The molecule has 11 rings (SSSR count). The van der Waals surface area contributed by atoms with Gasteiger partial charge in [-0.25, -0.2) is 9.07 Å². The molecule has 4 unspecified atom stereocenters. The zero-order valence-corrected chi connectivity index (χ0v) is 48.7. The molecule has 0 radical (unpaired) electrons. The molecule has 17 nitrogen and oxygen atoms in total. The Labute approximate surface area is 489 Å². The molecule has 7 heterocycles. The summed E-state index contributed by atoms with van der Waals surface area (Å²) in [5.41, 5.74) is 13.1. The lowest BCUT2D eigenvalue weighted by Crippen LogP contribution is -2.50. The van der Waals surface area contributed by atoms with E-state index in [0.717, 1.165) is 71.5 Å². The van der Waals surface area contributed by atoms with Gasteiger partial charge in [-0.3, -0.25) is 14.6 Å². The first kappa shape index (κ1) is 57.8. The number of pyridine rings is 1. The van der Waals surface area contributed by atoms with E-state index >= 15 is 4.39 Å². The Morgan fingerprint density at radius 2 is 1.78 bits per heavy atom. The summed E-state index contributed by atoms with van der Waals surface area (Å²) in [6, 6.07) is 24.6. The van der Waals surface area contributed by atoms with E-state index in [1.165, 1.54) is 6.07 Å². The number of carbonyl (C=O) groups excluding carboxylic acids is 2. The highest BCUT2D eigenvalue weighted by molar-refractivity contribution is 7.23. The second-order valence-corrected chi connectivity index (χ2v) is 23.1. The van der Waals surface area contributed by atoms with Gasteiger partial charge in [0.05, 0.1) is 45.8 Å². The number of piperazine rings is 1. The number of nitrogens with one attached hydrogen (secondary N) is 2. The predicted molar refractivity (Wildman–Crippen MR) is 320 cm³/mol. The Morgan fingerprint density at radius 3 is 2.48 bits per heavy atom. The quantitative estimate of drug-likeness (QED) is 0.0769. The average molecular weight is 1170 g/mol. The molecule has 4 aromatic carbocycles. The molecular formula is C61H65Cl2FN12O5S. The lowest BCUT2D eigenvalue weighted by Gasteiger charge is -2.35. The van der Waals surface area contributed by atoms with Gasteiger partial charge in [0.15, 0.2) is 5.75 Å². The van der Waals surface area contributed by atoms with E-state index in [1.807, 2.05) is 86.5 Å². The summed E-state index contributed by atoms with van der Waals surface area (Å²) < 4.78 is 36.4. The number of hydrogen-bond acceptors (Lipinski definition) is 15. The first-order valence-corrected chi connectivity index (χ1v) is 29.3. The number of nitrogens with two attached hydrogens (primary N) is 1. The Morgan fingerprint density at radius 1 is 1.01 bits per heavy atom. The van der Waals surface area contributed by atoms with Crippen molar-refractivity contribution in [2.75, 3.05) is 50.0 Å². The second-order valence-electron chi connectivity index (χ2n) is 21.2. The van der Waals surface area contributed by atoms with Gasteiger partial charge in [0.2, 0.25) is 12.3 Å². The molecule has 8 aromatic rings. The van der Waals surface area contributed by atoms with Crippen molar-refractivity contribution in [2.24, 2.45) is 5.92 Å². The number of ether oxygens (including phenoxy) is 3. The van der Waals surface area contributed by atoms with Gasteiger partial charge >= 0.3 is 6.01 Å². The molecule has 4 aromatic heterocycles. The molecule has 3 aliphatic rings. The van der Waals surface area contributed by atoms with Crippen LogP contribution in [0.4, 0.5) is 15.2 Å². The first-order valence-electron chi connectivity index (χ1n) is 27.8. The Bertz CT molecular complexity index is 3630. The van der Waals surface area contributed by atoms with Crippen molar-refractivity contribution < 1.29 is 28.2 Å². The summed E-state index contributed by atoms with van der Waals surface area (Å²) in [7, 11) is 0. The third-order valence-corrected chi connectivity index (χ3v) is 17.2. The molecule has 426 valence electrons. The number of nitrogens with zero attached hydrogens (tertiary/aromatic N) is 9. The standard InChI is InChI=1S/C47H52ClFN10O4S.C14H13ClN2O/c1-5-30-23-57(18-16-52-30)45-33-21-35(48)39(32-12-13-36(49)43-38(32)34(22-50)44(51)64-43)42(40(33)53-47(54-45)63-31-14-19-61-20-15-31)62-25-28-8-10-29(11-9-28)37-24-59(56-55-37)41(26(2)3)46(60)58-17-6-7-27(58)4;1-10(17-9-18)11-2-4-12(5-3-11)13-8-16-7-6-14(13)15/h8-13,21,24,26-27,30-31,41,52H,5-7,14-20,23,25,51H2,1-4H3;2-10H,1H3,(H,17,18). The van der Waals surface area contributed by atoms with Gasteiger partial charge in [-0.2, -0.15) is 15.2 Å². The topological polar surface area (TPSA) is 212 Å². The van der Waals surface area contributed by atoms with Crippen molar-refractivity contribution in [3.8, 4) is 51.3 Å². The minimum Gasteiger partial charge on any atom is -0.486 e. The van der Waals surface area contributed by atoms with Crippen LogP contribution in [0.5, 0.6) is 11.8 Å². The molecule has 0 saturated carbocycles. The molecule has 4 atom stereocenters. The van der Waals surface area contributed by atoms with Crippen LogP contribution < -0.4 is 30.7 Å². The number of benzene rings is 4. The molecule has 4 N–H and O–H groups in total. The van der Waals surface area contributed by atoms with Crippen LogP contribution in [0, 0.1) is 23.1 Å². The van der Waals surface area contributed by atoms with Gasteiger partial charge in [0.1, 0.15) is 52.7 Å². The van der Waals surface area contributed by atoms with E-state index in [9.17, 15) is 14.9 Å². The van der Waals surface area contributed by atoms with Crippen molar-refractivity contribution in [1.29, 1.82) is 5.26 Å². The lowest BCUT2D eigenvalue weighted by molar-refractivity contribution is -0.137. The van der Waals surface area contributed by atoms with Crippen LogP contribution in [0.15, 0.2) is 91.4 Å². The number of thiophene rings is 1. The predicted octanol–water partition coefficient (Wildman–Crippen LogP) is 11.8. The van der Waals surface area contributed by atoms with Crippen LogP contribution in [0.25, 0.3) is 54.5 Å². The van der Waals surface area contributed by atoms with Gasteiger partial charge in [0.25, 0.3) is 0 Å². The molecule has 3 saturated heterocycles. The Hall–Kier alpha value is -7.47. The third kappa shape index (κ3) is 12.3. The van der Waals surface area contributed by atoms with Crippen LogP contribution in [0.2, 0.25) is 10.0 Å². The molecular weight excluding hydrogens is 1100 g/mol. The van der Waals surface area contributed by atoms with Crippen LogP contribution in [0.3, 0.4) is 0 Å². The maximum atomic E-state index is 15.5. The molecule has 0 spiro atoms. The fraction of sp³-hybridized carbons (Fsp3) is 0.377. The van der Waals surface area contributed by atoms with Crippen LogP contribution in [0.1, 0.15) is 95.5 Å². The zero-order valence-electron chi connectivity index (χ0n) is 46.4. The number of aromatic nitrogens is 6. The molecule has 0 aliphatic carbocycles. The third-order valence-electron chi connectivity index (χ3n) is 15.5. The minimum absolute atomic E-state index is 0.000852. The number of carbonyl (C=O) groups is 2. The minimum atomic E-state index is -0.495. The summed E-state index contributed by atoms with van der Waals surface area (Å²) >= 11 is 14.5. The summed E-state index contributed by atoms with van der Waals surface area (Å²) in [6.07, 6.45) is 10.1. The number of anilines is 2. The van der Waals surface area contributed by atoms with Crippen molar-refractivity contribution >= 4 is 78.7 Å². The first-order chi connectivity index (χ1) is 39.7. The van der Waals surface area contributed by atoms with Crippen molar-refractivity contribution in [1.82, 2.24) is 45.5 Å². The van der Waals surface area contributed by atoms with Crippen molar-refractivity contribution in [3.63, 3.8) is 0 Å². The van der Waals surface area contributed by atoms with E-state index in [4.69, 9.17) is 53.1 Å². The highest BCUT2D eigenvalue weighted by atomic mass is 35.5. The molecule has 3 aliphatic heterocycles. The number of nitrogen functional groups attached to an aromatic ring is 1. The van der Waals surface area contributed by atoms with E-state index in [0.29, 0.717) is 100 Å². The lowest BCUT2D eigenvalue weighted by atomic mass is 9.96. The Balaban J connectivity index is 0.000000355. The number of amides is 2. The van der Waals surface area contributed by atoms with E-state index < -0.39 is 11.9 Å². The molecule has 0 bridgehead atoms. The van der Waals surface area contributed by atoms with E-state index in [-0.39, 0.29) is 63.9 Å². The average Bonchev–Trinajstić information content (AvgIpc) is 4.25. The van der Waals surface area contributed by atoms with Crippen LogP contribution in [-0.2, 0) is 20.9 Å². The maximum Gasteiger partial charge on any atom is 0.319 e. The summed E-state index contributed by atoms with van der Waals surface area (Å²) in [5.74, 6) is 0.593. The van der Waals surface area contributed by atoms with E-state index in [2.05, 4.69) is 50.7 Å². The zero-order chi connectivity index (χ0) is 57.6. The van der Waals surface area contributed by atoms with Gasteiger partial charge in [-0.05, 0) is 79.5 Å². The summed E-state index contributed by atoms with van der Waals surface area (Å²) in [4.78, 5) is 42.5. The number of rotatable bonds is 16. The second kappa shape index (κ2) is 25.8. The molecule has 82 heavy (non-hydrogen) atoms. The summed E-state index contributed by atoms with van der Waals surface area (Å²) in [6.45, 7) is 14.4. The molecule has 21 heteroatoms. The Kier molecular flexibility index (Phi) is 18.1. The maximum absolute atomic E-state index is 15.5. The molecule has 2 amide bonds. The van der Waals surface area contributed by atoms with Gasteiger partial charge in [-0.15, -0.1) is 16.4 Å². The van der Waals surface area contributed by atoms with Crippen molar-refractivity contribution in [3.05, 3.63) is 124 Å². The van der Waals surface area contributed by atoms with E-state index in [1.54, 1.807) is 29.2 Å². The van der Waals surface area contributed by atoms with Gasteiger partial charge < -0.3 is 40.4 Å². The SMILES string of the molecule is CC(NC=O)c1ccc(-c2cnccc2Cl)cc1.CCC1CN(c2nc(OC3CCOCC3)nc3c(OCc4ccc(-c5cn(C(C(=O)N6CCCC6C)C(C)C)nn5)cc4)c(-c4ccc(F)c5sc(N)c(C#N)c45)c(Cl)cc23)CCN1. The fourth-order valence-corrected chi connectivity index (χ4v) is 12.4. The van der Waals surface area contributed by atoms with Crippen LogP contribution in [-0.4, -0.2) is 105 Å². The highest BCUT2D eigenvalue weighted by Gasteiger charge is 2.35. The van der Waals surface area contributed by atoms with Gasteiger partial charge in [-0.1, -0.05) is 104 Å². The smallest absolute Gasteiger partial charge is 0.319 e. The van der Waals surface area contributed by atoms with Crippen molar-refractivity contribution in [2.45, 2.75) is 104 Å². The van der Waals surface area contributed by atoms with Crippen LogP contribution >= 0.6 is 34.5 Å². The number of nitriles is 1. The number of likely N-dealkylation sites (tertiary alicyclic amines) is 1. The molecule has 3 fully saturated rings. The number of halogens is 3. The fourth-order valence-electron chi connectivity index (χ4n) is 10.9. The number of fused-ring (bicyclic) bond motifs is 2. The monoisotopic (exact) mass is 1170 g/mol. The highest BCUT2D eigenvalue weighted by Crippen LogP contribution is 2.50. The number of hydrogen-bond donors (Lipinski definition) is 3. The van der Waals surface area contributed by atoms with Gasteiger partial charge in [0, 0.05) is 91.0 Å². The summed E-state index contributed by atoms with van der Waals surface area (Å²) in [5, 5.41) is 27.7.